The third-order valence-corrected chi connectivity index (χ3v) is 3.28. The van der Waals surface area contributed by atoms with E-state index in [1.165, 1.54) is 0 Å². The zero-order valence-corrected chi connectivity index (χ0v) is 12.2. The Balaban J connectivity index is 1.68. The molecular weight excluding hydrogens is 270 g/mol. The third kappa shape index (κ3) is 5.07. The third-order valence-electron chi connectivity index (χ3n) is 3.28. The first-order valence-electron chi connectivity index (χ1n) is 7.06. The molecule has 1 aromatic rings. The highest BCUT2D eigenvalue weighted by molar-refractivity contribution is 5.86. The predicted molar refractivity (Wildman–Crippen MR) is 79.0 cm³/mol. The largest absolute Gasteiger partial charge is 0.492 e. The average Bonchev–Trinajstić information content (AvgIpc) is 2.48. The van der Waals surface area contributed by atoms with Gasteiger partial charge in [-0.15, -0.1) is 0 Å². The van der Waals surface area contributed by atoms with E-state index < -0.39 is 0 Å². The van der Waals surface area contributed by atoms with Crippen LogP contribution in [0, 0.1) is 0 Å². The van der Waals surface area contributed by atoms with Crippen LogP contribution < -0.4 is 10.1 Å². The van der Waals surface area contributed by atoms with Gasteiger partial charge >= 0.3 is 0 Å². The quantitative estimate of drug-likeness (QED) is 0.798. The Morgan fingerprint density at radius 3 is 2.86 bits per heavy atom. The lowest BCUT2D eigenvalue weighted by atomic mass is 10.3. The molecule has 2 amide bonds. The fourth-order valence-electron chi connectivity index (χ4n) is 2.10. The predicted octanol–water partition coefficient (Wildman–Crippen LogP) is -0.0444. The summed E-state index contributed by atoms with van der Waals surface area (Å²) < 4.78 is 5.59. The number of carbonyl (C=O) groups excluding carboxylic acids is 2. The molecular formula is C15H21N3O3. The van der Waals surface area contributed by atoms with E-state index in [1.54, 1.807) is 4.90 Å². The lowest BCUT2D eigenvalue weighted by molar-refractivity contribution is -0.138. The Labute approximate surface area is 124 Å². The molecule has 0 spiro atoms. The highest BCUT2D eigenvalue weighted by Crippen LogP contribution is 2.07. The van der Waals surface area contributed by atoms with E-state index in [-0.39, 0.29) is 18.4 Å². The molecule has 21 heavy (non-hydrogen) atoms. The summed E-state index contributed by atoms with van der Waals surface area (Å²) in [7, 11) is 1.87. The fraction of sp³-hybridized carbons (Fsp3) is 0.467. The summed E-state index contributed by atoms with van der Waals surface area (Å²) in [6.07, 6.45) is 0. The summed E-state index contributed by atoms with van der Waals surface area (Å²) in [5, 5.41) is 2.71. The standard InChI is InChI=1S/C15H21N3O3/c1-17(9-10-21-13-5-3-2-4-6-13)12-15(20)18-8-7-16-14(19)11-18/h2-6H,7-12H2,1H3,(H,16,19). The number of carbonyl (C=O) groups is 2. The molecule has 1 aromatic carbocycles. The Bertz CT molecular complexity index is 478. The maximum atomic E-state index is 12.1. The molecule has 0 aliphatic carbocycles. The van der Waals surface area contributed by atoms with Crippen LogP contribution in [0.25, 0.3) is 0 Å². The molecule has 6 nitrogen and oxygen atoms in total. The zero-order valence-electron chi connectivity index (χ0n) is 12.2. The van der Waals surface area contributed by atoms with Gasteiger partial charge in [-0.2, -0.15) is 0 Å². The topological polar surface area (TPSA) is 61.9 Å². The van der Waals surface area contributed by atoms with Crippen LogP contribution >= 0.6 is 0 Å². The van der Waals surface area contributed by atoms with Crippen molar-refractivity contribution < 1.29 is 14.3 Å². The van der Waals surface area contributed by atoms with Gasteiger partial charge in [0.1, 0.15) is 12.4 Å². The van der Waals surface area contributed by atoms with Crippen molar-refractivity contribution >= 4 is 11.8 Å². The fourth-order valence-corrected chi connectivity index (χ4v) is 2.10. The monoisotopic (exact) mass is 291 g/mol. The summed E-state index contributed by atoms with van der Waals surface area (Å²) in [5.41, 5.74) is 0. The van der Waals surface area contributed by atoms with Crippen molar-refractivity contribution in [2.45, 2.75) is 0 Å². The van der Waals surface area contributed by atoms with Gasteiger partial charge in [-0.05, 0) is 19.2 Å². The van der Waals surface area contributed by atoms with Gasteiger partial charge in [0, 0.05) is 19.6 Å². The normalized spacial score (nSPS) is 15.0. The highest BCUT2D eigenvalue weighted by Gasteiger charge is 2.21. The Morgan fingerprint density at radius 1 is 1.38 bits per heavy atom. The second-order valence-corrected chi connectivity index (χ2v) is 5.06. The van der Waals surface area contributed by atoms with Gasteiger partial charge < -0.3 is 15.0 Å². The number of likely N-dealkylation sites (N-methyl/N-ethyl adjacent to an activating group) is 1. The molecule has 0 atom stereocenters. The number of hydrogen-bond donors (Lipinski definition) is 1. The number of hydrogen-bond acceptors (Lipinski definition) is 4. The van der Waals surface area contributed by atoms with Gasteiger partial charge in [0.2, 0.25) is 11.8 Å². The molecule has 114 valence electrons. The van der Waals surface area contributed by atoms with E-state index in [4.69, 9.17) is 4.74 Å². The molecule has 6 heteroatoms. The van der Waals surface area contributed by atoms with Crippen LogP contribution in [0.1, 0.15) is 0 Å². The van der Waals surface area contributed by atoms with E-state index in [0.29, 0.717) is 32.8 Å². The van der Waals surface area contributed by atoms with Crippen molar-refractivity contribution in [1.29, 1.82) is 0 Å². The van der Waals surface area contributed by atoms with Gasteiger partial charge in [-0.3, -0.25) is 14.5 Å². The second kappa shape index (κ2) is 7.64. The number of nitrogens with zero attached hydrogens (tertiary/aromatic N) is 2. The lowest BCUT2D eigenvalue weighted by Gasteiger charge is -2.28. The Hall–Kier alpha value is -2.08. The number of nitrogens with one attached hydrogen (secondary N) is 1. The van der Waals surface area contributed by atoms with Gasteiger partial charge in [-0.1, -0.05) is 18.2 Å². The lowest BCUT2D eigenvalue weighted by Crippen LogP contribution is -2.52. The molecule has 1 aliphatic rings. The molecule has 1 saturated heterocycles. The van der Waals surface area contributed by atoms with Crippen LogP contribution in [0.3, 0.4) is 0 Å². The number of benzene rings is 1. The minimum absolute atomic E-state index is 0.0212. The van der Waals surface area contributed by atoms with E-state index >= 15 is 0 Å². The molecule has 1 aliphatic heterocycles. The van der Waals surface area contributed by atoms with E-state index in [2.05, 4.69) is 5.32 Å². The molecule has 0 aromatic heterocycles. The van der Waals surface area contributed by atoms with E-state index in [1.807, 2.05) is 42.3 Å². The van der Waals surface area contributed by atoms with Gasteiger partial charge in [-0.25, -0.2) is 0 Å². The summed E-state index contributed by atoms with van der Waals surface area (Å²) in [5.74, 6) is 0.710. The van der Waals surface area contributed by atoms with Gasteiger partial charge in [0.25, 0.3) is 0 Å². The molecule has 2 rings (SSSR count). The first kappa shape index (κ1) is 15.3. The molecule has 1 fully saturated rings. The van der Waals surface area contributed by atoms with Gasteiger partial charge in [0.15, 0.2) is 0 Å². The Kier molecular flexibility index (Phi) is 5.57. The SMILES string of the molecule is CN(CCOc1ccccc1)CC(=O)N1CCNC(=O)C1. The van der Waals surface area contributed by atoms with Crippen molar-refractivity contribution in [2.75, 3.05) is 46.4 Å². The molecule has 0 bridgehead atoms. The summed E-state index contributed by atoms with van der Waals surface area (Å²) in [6, 6.07) is 9.58. The van der Waals surface area contributed by atoms with Crippen LogP contribution in [0.15, 0.2) is 30.3 Å². The van der Waals surface area contributed by atoms with Crippen LogP contribution in [0.5, 0.6) is 5.75 Å². The summed E-state index contributed by atoms with van der Waals surface area (Å²) in [6.45, 7) is 2.75. The molecule has 1 heterocycles. The van der Waals surface area contributed by atoms with E-state index in [0.717, 1.165) is 5.75 Å². The Morgan fingerprint density at radius 2 is 2.14 bits per heavy atom. The number of rotatable bonds is 6. The second-order valence-electron chi connectivity index (χ2n) is 5.06. The highest BCUT2D eigenvalue weighted by atomic mass is 16.5. The van der Waals surface area contributed by atoms with Crippen molar-refractivity contribution in [2.24, 2.45) is 0 Å². The first-order chi connectivity index (χ1) is 10.1. The minimum Gasteiger partial charge on any atom is -0.492 e. The molecule has 1 N–H and O–H groups in total. The van der Waals surface area contributed by atoms with Crippen LogP contribution in [-0.2, 0) is 9.59 Å². The average molecular weight is 291 g/mol. The van der Waals surface area contributed by atoms with Crippen molar-refractivity contribution in [3.8, 4) is 5.75 Å². The van der Waals surface area contributed by atoms with Crippen molar-refractivity contribution in [1.82, 2.24) is 15.1 Å². The zero-order chi connectivity index (χ0) is 15.1. The molecule has 0 saturated carbocycles. The number of piperazine rings is 1. The number of para-hydroxylation sites is 1. The van der Waals surface area contributed by atoms with Crippen molar-refractivity contribution in [3.05, 3.63) is 30.3 Å². The summed E-state index contributed by atoms with van der Waals surface area (Å²) >= 11 is 0. The summed E-state index contributed by atoms with van der Waals surface area (Å²) in [4.78, 5) is 26.8. The maximum Gasteiger partial charge on any atom is 0.239 e. The number of amides is 2. The van der Waals surface area contributed by atoms with E-state index in [9.17, 15) is 9.59 Å². The van der Waals surface area contributed by atoms with Crippen molar-refractivity contribution in [3.63, 3.8) is 0 Å². The molecule has 0 unspecified atom stereocenters. The maximum absolute atomic E-state index is 12.1. The minimum atomic E-state index is -0.0929. The first-order valence-corrected chi connectivity index (χ1v) is 7.06. The van der Waals surface area contributed by atoms with Crippen LogP contribution in [0.4, 0.5) is 0 Å². The number of ether oxygens (including phenoxy) is 1. The van der Waals surface area contributed by atoms with Crippen LogP contribution in [-0.4, -0.2) is 68.0 Å². The molecule has 0 radical (unpaired) electrons. The van der Waals surface area contributed by atoms with Gasteiger partial charge in [0.05, 0.1) is 13.1 Å². The van der Waals surface area contributed by atoms with Crippen LogP contribution in [0.2, 0.25) is 0 Å². The smallest absolute Gasteiger partial charge is 0.239 e.